The zero-order chi connectivity index (χ0) is 10.5. The Kier molecular flexibility index (Phi) is 2.43. The first-order valence-corrected chi connectivity index (χ1v) is 7.00. The molecular formula is C11H14BrNOS. The second-order valence-corrected chi connectivity index (χ2v) is 6.58. The van der Waals surface area contributed by atoms with E-state index in [0.29, 0.717) is 12.2 Å². The minimum Gasteiger partial charge on any atom is -0.373 e. The van der Waals surface area contributed by atoms with Gasteiger partial charge in [0, 0.05) is 26.7 Å². The third-order valence-corrected chi connectivity index (χ3v) is 5.18. The van der Waals surface area contributed by atoms with Gasteiger partial charge in [0.1, 0.15) is 0 Å². The lowest BCUT2D eigenvalue weighted by Crippen LogP contribution is -2.50. The SMILES string of the molecule is NC1(Cc2cc(Br)cs2)CC2CCC1O2. The lowest BCUT2D eigenvalue weighted by atomic mass is 9.80. The molecule has 2 aliphatic rings. The first kappa shape index (κ1) is 10.3. The summed E-state index contributed by atoms with van der Waals surface area (Å²) in [4.78, 5) is 1.36. The van der Waals surface area contributed by atoms with E-state index in [-0.39, 0.29) is 5.54 Å². The van der Waals surface area contributed by atoms with Gasteiger partial charge in [0.25, 0.3) is 0 Å². The maximum Gasteiger partial charge on any atom is 0.0763 e. The van der Waals surface area contributed by atoms with Gasteiger partial charge in [-0.15, -0.1) is 11.3 Å². The maximum atomic E-state index is 6.45. The van der Waals surface area contributed by atoms with Gasteiger partial charge in [0.2, 0.25) is 0 Å². The molecule has 1 aromatic heterocycles. The van der Waals surface area contributed by atoms with Crippen LogP contribution in [0.1, 0.15) is 24.1 Å². The van der Waals surface area contributed by atoms with Gasteiger partial charge in [-0.25, -0.2) is 0 Å². The van der Waals surface area contributed by atoms with Crippen LogP contribution in [-0.2, 0) is 11.2 Å². The molecule has 4 heteroatoms. The molecule has 3 rings (SSSR count). The Morgan fingerprint density at radius 1 is 1.60 bits per heavy atom. The molecule has 1 aromatic rings. The van der Waals surface area contributed by atoms with Crippen LogP contribution in [0.3, 0.4) is 0 Å². The van der Waals surface area contributed by atoms with Gasteiger partial charge in [-0.2, -0.15) is 0 Å². The summed E-state index contributed by atoms with van der Waals surface area (Å²) in [6.45, 7) is 0. The maximum absolute atomic E-state index is 6.45. The molecule has 2 fully saturated rings. The molecule has 2 N–H and O–H groups in total. The van der Waals surface area contributed by atoms with Gasteiger partial charge >= 0.3 is 0 Å². The Bertz CT molecular complexity index is 380. The zero-order valence-corrected chi connectivity index (χ0v) is 10.8. The van der Waals surface area contributed by atoms with Gasteiger partial charge in [-0.05, 0) is 41.3 Å². The normalized spacial score (nSPS) is 38.8. The Balaban J connectivity index is 1.77. The van der Waals surface area contributed by atoms with Crippen LogP contribution in [-0.4, -0.2) is 17.7 Å². The van der Waals surface area contributed by atoms with Crippen molar-refractivity contribution in [2.75, 3.05) is 0 Å². The average Bonchev–Trinajstić information content (AvgIpc) is 2.81. The first-order chi connectivity index (χ1) is 7.16. The van der Waals surface area contributed by atoms with Crippen molar-refractivity contribution < 1.29 is 4.74 Å². The van der Waals surface area contributed by atoms with Gasteiger partial charge in [0.05, 0.1) is 12.2 Å². The zero-order valence-electron chi connectivity index (χ0n) is 8.41. The number of rotatable bonds is 2. The Morgan fingerprint density at radius 2 is 2.47 bits per heavy atom. The summed E-state index contributed by atoms with van der Waals surface area (Å²) >= 11 is 5.26. The fourth-order valence-corrected chi connectivity index (χ4v) is 4.38. The van der Waals surface area contributed by atoms with E-state index in [0.717, 1.165) is 23.7 Å². The van der Waals surface area contributed by atoms with E-state index in [1.165, 1.54) is 11.3 Å². The Hall–Kier alpha value is 0.1000. The standard InChI is InChI=1S/C11H14BrNOS/c12-7-3-9(15-6-7)5-11(13)4-8-1-2-10(11)14-8/h3,6,8,10H,1-2,4-5,13H2. The van der Waals surface area contributed by atoms with E-state index in [4.69, 9.17) is 10.5 Å². The summed E-state index contributed by atoms with van der Waals surface area (Å²) in [7, 11) is 0. The second-order valence-electron chi connectivity index (χ2n) is 4.67. The van der Waals surface area contributed by atoms with Crippen LogP contribution in [0.2, 0.25) is 0 Å². The fraction of sp³-hybridized carbons (Fsp3) is 0.636. The number of fused-ring (bicyclic) bond motifs is 2. The monoisotopic (exact) mass is 287 g/mol. The molecule has 0 spiro atoms. The van der Waals surface area contributed by atoms with Crippen molar-refractivity contribution in [2.45, 2.75) is 43.4 Å². The number of halogens is 1. The lowest BCUT2D eigenvalue weighted by Gasteiger charge is -2.30. The summed E-state index contributed by atoms with van der Waals surface area (Å²) in [5.41, 5.74) is 6.35. The van der Waals surface area contributed by atoms with Crippen LogP contribution in [0.4, 0.5) is 0 Å². The first-order valence-electron chi connectivity index (χ1n) is 5.33. The molecule has 0 radical (unpaired) electrons. The molecule has 0 saturated carbocycles. The van der Waals surface area contributed by atoms with Crippen LogP contribution in [0.5, 0.6) is 0 Å². The fourth-order valence-electron chi connectivity index (χ4n) is 2.79. The molecule has 3 atom stereocenters. The number of ether oxygens (including phenoxy) is 1. The summed E-state index contributed by atoms with van der Waals surface area (Å²) in [6, 6.07) is 2.17. The molecule has 82 valence electrons. The summed E-state index contributed by atoms with van der Waals surface area (Å²) < 4.78 is 7.00. The van der Waals surface area contributed by atoms with E-state index in [2.05, 4.69) is 27.4 Å². The Labute approximate surface area is 102 Å². The highest BCUT2D eigenvalue weighted by molar-refractivity contribution is 9.10. The summed E-state index contributed by atoms with van der Waals surface area (Å²) in [5.74, 6) is 0. The highest BCUT2D eigenvalue weighted by atomic mass is 79.9. The van der Waals surface area contributed by atoms with Gasteiger partial charge in [0.15, 0.2) is 0 Å². The van der Waals surface area contributed by atoms with Crippen molar-refractivity contribution in [3.8, 4) is 0 Å². The largest absolute Gasteiger partial charge is 0.373 e. The predicted octanol–water partition coefficient (Wildman–Crippen LogP) is 2.70. The number of nitrogens with two attached hydrogens (primary N) is 1. The molecule has 3 heterocycles. The number of thiophene rings is 1. The summed E-state index contributed by atoms with van der Waals surface area (Å²) in [5, 5.41) is 2.12. The second kappa shape index (κ2) is 3.55. The molecule has 0 aliphatic carbocycles. The highest BCUT2D eigenvalue weighted by Gasteiger charge is 2.49. The van der Waals surface area contributed by atoms with Crippen molar-refractivity contribution in [3.63, 3.8) is 0 Å². The molecule has 0 aromatic carbocycles. The van der Waals surface area contributed by atoms with Crippen LogP contribution < -0.4 is 5.73 Å². The van der Waals surface area contributed by atoms with E-state index < -0.39 is 0 Å². The van der Waals surface area contributed by atoms with Crippen molar-refractivity contribution in [3.05, 3.63) is 20.8 Å². The molecule has 2 nitrogen and oxygen atoms in total. The highest BCUT2D eigenvalue weighted by Crippen LogP contribution is 2.42. The average molecular weight is 288 g/mol. The quantitative estimate of drug-likeness (QED) is 0.908. The number of hydrogen-bond donors (Lipinski definition) is 1. The van der Waals surface area contributed by atoms with Crippen molar-refractivity contribution in [1.82, 2.24) is 0 Å². The summed E-state index contributed by atoms with van der Waals surface area (Å²) in [6.07, 6.45) is 5.08. The smallest absolute Gasteiger partial charge is 0.0763 e. The molecule has 2 saturated heterocycles. The predicted molar refractivity (Wildman–Crippen MR) is 65.2 cm³/mol. The van der Waals surface area contributed by atoms with E-state index in [9.17, 15) is 0 Å². The van der Waals surface area contributed by atoms with Crippen LogP contribution in [0, 0.1) is 0 Å². The third-order valence-electron chi connectivity index (χ3n) is 3.48. The topological polar surface area (TPSA) is 35.2 Å². The van der Waals surface area contributed by atoms with Crippen molar-refractivity contribution >= 4 is 27.3 Å². The molecule has 3 unspecified atom stereocenters. The van der Waals surface area contributed by atoms with E-state index >= 15 is 0 Å². The van der Waals surface area contributed by atoms with Gasteiger partial charge in [-0.1, -0.05) is 0 Å². The van der Waals surface area contributed by atoms with Crippen molar-refractivity contribution in [2.24, 2.45) is 5.73 Å². The third kappa shape index (κ3) is 1.78. The van der Waals surface area contributed by atoms with Crippen LogP contribution in [0.25, 0.3) is 0 Å². The molecule has 0 amide bonds. The lowest BCUT2D eigenvalue weighted by molar-refractivity contribution is 0.0858. The van der Waals surface area contributed by atoms with E-state index in [1.54, 1.807) is 11.3 Å². The van der Waals surface area contributed by atoms with Gasteiger partial charge < -0.3 is 10.5 Å². The van der Waals surface area contributed by atoms with E-state index in [1.807, 2.05) is 0 Å². The molecule has 2 aliphatic heterocycles. The molecule has 15 heavy (non-hydrogen) atoms. The molecular weight excluding hydrogens is 274 g/mol. The molecule has 2 bridgehead atoms. The van der Waals surface area contributed by atoms with Crippen LogP contribution in [0.15, 0.2) is 15.9 Å². The van der Waals surface area contributed by atoms with Crippen molar-refractivity contribution in [1.29, 1.82) is 0 Å². The number of hydrogen-bond acceptors (Lipinski definition) is 3. The van der Waals surface area contributed by atoms with Crippen LogP contribution >= 0.6 is 27.3 Å². The Morgan fingerprint density at radius 3 is 3.00 bits per heavy atom. The minimum atomic E-state index is -0.104. The minimum absolute atomic E-state index is 0.104. The van der Waals surface area contributed by atoms with Gasteiger partial charge in [-0.3, -0.25) is 0 Å².